The molecule has 1 aliphatic heterocycles. The van der Waals surface area contributed by atoms with Gasteiger partial charge in [0.25, 0.3) is 0 Å². The summed E-state index contributed by atoms with van der Waals surface area (Å²) in [7, 11) is 0. The van der Waals surface area contributed by atoms with Crippen molar-refractivity contribution in [1.82, 2.24) is 0 Å². The first-order chi connectivity index (χ1) is 15.5. The molecular formula is C30H50O4. The predicted molar refractivity (Wildman–Crippen MR) is 134 cm³/mol. The van der Waals surface area contributed by atoms with Crippen molar-refractivity contribution in [2.75, 3.05) is 0 Å². The van der Waals surface area contributed by atoms with Crippen LogP contribution < -0.4 is 0 Å². The number of fused-ring (bicyclic) bond motifs is 2. The van der Waals surface area contributed by atoms with E-state index in [1.807, 2.05) is 0 Å². The highest BCUT2D eigenvalue weighted by Crippen LogP contribution is 2.86. The Morgan fingerprint density at radius 2 is 1.62 bits per heavy atom. The van der Waals surface area contributed by atoms with Crippen LogP contribution in [0.15, 0.2) is 0 Å². The van der Waals surface area contributed by atoms with E-state index in [4.69, 9.17) is 4.74 Å². The average molecular weight is 475 g/mol. The number of hydrogen-bond acceptors (Lipinski definition) is 4. The van der Waals surface area contributed by atoms with E-state index in [1.165, 1.54) is 19.3 Å². The highest BCUT2D eigenvalue weighted by molar-refractivity contribution is 5.86. The molecule has 1 saturated heterocycles. The molecule has 194 valence electrons. The minimum atomic E-state index is -1.23. The van der Waals surface area contributed by atoms with Crippen molar-refractivity contribution in [3.63, 3.8) is 0 Å². The summed E-state index contributed by atoms with van der Waals surface area (Å²) in [5.41, 5.74) is -0.808. The third kappa shape index (κ3) is 2.75. The summed E-state index contributed by atoms with van der Waals surface area (Å²) in [5, 5.41) is 21.0. The first kappa shape index (κ1) is 25.2. The van der Waals surface area contributed by atoms with Crippen molar-refractivity contribution in [3.8, 4) is 0 Å². The van der Waals surface area contributed by atoms with E-state index >= 15 is 0 Å². The lowest BCUT2D eigenvalue weighted by Crippen LogP contribution is -2.66. The van der Waals surface area contributed by atoms with Crippen LogP contribution in [0.4, 0.5) is 0 Å². The standard InChI is InChI=1S/C30H50O4/c1-19(9-10-23(32)25(4,5)33)20-11-15-28(8)26(20,6)17-18-29-27(7)14-13-22(31)24(2,3)21(27)12-16-30(28,29)34-29/h19-22,31,33H,9-18H2,1-8H3/t19?,20?,21-,22-,26+,27-,28+,29?,30?/m0/s1. The second kappa shape index (κ2) is 7.10. The third-order valence-corrected chi connectivity index (χ3v) is 13.2. The van der Waals surface area contributed by atoms with Gasteiger partial charge >= 0.3 is 0 Å². The molecule has 5 aliphatic rings. The van der Waals surface area contributed by atoms with Crippen molar-refractivity contribution in [2.45, 2.75) is 143 Å². The minimum Gasteiger partial charge on any atom is -0.393 e. The van der Waals surface area contributed by atoms with E-state index in [1.54, 1.807) is 13.8 Å². The summed E-state index contributed by atoms with van der Waals surface area (Å²) in [4.78, 5) is 12.4. The van der Waals surface area contributed by atoms with Gasteiger partial charge in [0.1, 0.15) is 16.8 Å². The maximum atomic E-state index is 12.4. The van der Waals surface area contributed by atoms with E-state index in [2.05, 4.69) is 41.5 Å². The van der Waals surface area contributed by atoms with Gasteiger partial charge in [0.2, 0.25) is 0 Å². The molecule has 0 aromatic rings. The fourth-order valence-electron chi connectivity index (χ4n) is 10.8. The fourth-order valence-corrected chi connectivity index (χ4v) is 10.8. The SMILES string of the molecule is CC(CCC(=O)C(C)(C)O)C1CC[C@@]2(C)C34CC[C@H]5C(C)(C)[C@@H](O)CC[C@]5(C)C3(CC[C@]12C)O4. The molecule has 1 heterocycles. The molecular weight excluding hydrogens is 424 g/mol. The lowest BCUT2D eigenvalue weighted by molar-refractivity contribution is -0.158. The van der Waals surface area contributed by atoms with E-state index < -0.39 is 5.60 Å². The molecule has 4 heteroatoms. The van der Waals surface area contributed by atoms with Crippen LogP contribution in [0.5, 0.6) is 0 Å². The van der Waals surface area contributed by atoms with Crippen LogP contribution in [0.2, 0.25) is 0 Å². The van der Waals surface area contributed by atoms with Crippen molar-refractivity contribution in [3.05, 3.63) is 0 Å². The molecule has 34 heavy (non-hydrogen) atoms. The molecule has 5 fully saturated rings. The van der Waals surface area contributed by atoms with E-state index in [-0.39, 0.29) is 44.7 Å². The number of rotatable bonds is 5. The number of carbonyl (C=O) groups excluding carboxylic acids is 1. The summed E-state index contributed by atoms with van der Waals surface area (Å²) >= 11 is 0. The first-order valence-electron chi connectivity index (χ1n) is 14.2. The molecule has 0 radical (unpaired) electrons. The van der Waals surface area contributed by atoms with Gasteiger partial charge in [-0.2, -0.15) is 0 Å². The molecule has 4 aliphatic carbocycles. The second-order valence-corrected chi connectivity index (χ2v) is 15.0. The van der Waals surface area contributed by atoms with Gasteiger partial charge in [-0.1, -0.05) is 41.5 Å². The van der Waals surface area contributed by atoms with Gasteiger partial charge in [-0.05, 0) is 100 Å². The molecule has 0 amide bonds. The number of carbonyl (C=O) groups is 1. The Labute approximate surface area is 207 Å². The lowest BCUT2D eigenvalue weighted by Gasteiger charge is -2.64. The zero-order chi connectivity index (χ0) is 25.2. The first-order valence-corrected chi connectivity index (χ1v) is 14.2. The maximum Gasteiger partial charge on any atom is 0.163 e. The Hall–Kier alpha value is -0.450. The summed E-state index contributed by atoms with van der Waals surface area (Å²) in [6, 6.07) is 0. The zero-order valence-corrected chi connectivity index (χ0v) is 23.1. The van der Waals surface area contributed by atoms with Crippen LogP contribution in [0.3, 0.4) is 0 Å². The number of Topliss-reactive ketones (excluding diaryl/α,β-unsaturated/α-hetero) is 1. The Morgan fingerprint density at radius 1 is 0.941 bits per heavy atom. The molecule has 4 saturated carbocycles. The van der Waals surface area contributed by atoms with Gasteiger partial charge in [0.15, 0.2) is 5.78 Å². The Bertz CT molecular complexity index is 874. The van der Waals surface area contributed by atoms with Gasteiger partial charge in [-0.25, -0.2) is 0 Å². The normalized spacial score (nSPS) is 52.1. The average Bonchev–Trinajstić information content (AvgIpc) is 3.37. The van der Waals surface area contributed by atoms with Crippen molar-refractivity contribution < 1.29 is 19.7 Å². The van der Waals surface area contributed by atoms with Crippen LogP contribution >= 0.6 is 0 Å². The highest BCUT2D eigenvalue weighted by Gasteiger charge is 2.90. The largest absolute Gasteiger partial charge is 0.393 e. The summed E-state index contributed by atoms with van der Waals surface area (Å²) in [6.45, 7) is 17.8. The fraction of sp³-hybridized carbons (Fsp3) is 0.967. The maximum absolute atomic E-state index is 12.4. The number of ether oxygens (including phenoxy) is 1. The van der Waals surface area contributed by atoms with Crippen LogP contribution in [-0.4, -0.2) is 38.9 Å². The number of ketones is 1. The predicted octanol–water partition coefficient (Wildman–Crippen LogP) is 6.06. The van der Waals surface area contributed by atoms with Crippen molar-refractivity contribution in [2.24, 2.45) is 39.4 Å². The quantitative estimate of drug-likeness (QED) is 0.475. The summed E-state index contributed by atoms with van der Waals surface area (Å²) in [5.74, 6) is 1.54. The second-order valence-electron chi connectivity index (χ2n) is 15.0. The van der Waals surface area contributed by atoms with Crippen molar-refractivity contribution >= 4 is 5.78 Å². The smallest absolute Gasteiger partial charge is 0.163 e. The van der Waals surface area contributed by atoms with E-state index in [9.17, 15) is 15.0 Å². The van der Waals surface area contributed by atoms with Crippen LogP contribution in [0.1, 0.15) is 120 Å². The summed E-state index contributed by atoms with van der Waals surface area (Å²) < 4.78 is 7.20. The Balaban J connectivity index is 1.42. The number of aliphatic hydroxyl groups excluding tert-OH is 1. The van der Waals surface area contributed by atoms with Gasteiger partial charge in [-0.15, -0.1) is 0 Å². The van der Waals surface area contributed by atoms with Crippen LogP contribution in [0.25, 0.3) is 0 Å². The molecule has 5 rings (SSSR count). The van der Waals surface area contributed by atoms with E-state index in [0.29, 0.717) is 24.2 Å². The number of epoxide rings is 1. The number of aliphatic hydroxyl groups is 2. The zero-order valence-electron chi connectivity index (χ0n) is 23.1. The minimum absolute atomic E-state index is 0.0198. The molecule has 0 spiro atoms. The molecule has 0 bridgehead atoms. The molecule has 0 aromatic heterocycles. The van der Waals surface area contributed by atoms with Gasteiger partial charge < -0.3 is 14.9 Å². The molecule has 4 nitrogen and oxygen atoms in total. The monoisotopic (exact) mass is 474 g/mol. The molecule has 2 N–H and O–H groups in total. The van der Waals surface area contributed by atoms with Crippen LogP contribution in [0, 0.1) is 39.4 Å². The summed E-state index contributed by atoms with van der Waals surface area (Å²) in [6.07, 6.45) is 10.2. The van der Waals surface area contributed by atoms with Gasteiger partial charge in [0, 0.05) is 17.3 Å². The third-order valence-electron chi connectivity index (χ3n) is 13.2. The van der Waals surface area contributed by atoms with Crippen molar-refractivity contribution in [1.29, 1.82) is 0 Å². The Kier molecular flexibility index (Phi) is 5.26. The van der Waals surface area contributed by atoms with Crippen LogP contribution in [-0.2, 0) is 9.53 Å². The number of hydrogen-bond donors (Lipinski definition) is 2. The topological polar surface area (TPSA) is 70.1 Å². The molecule has 9 atom stereocenters. The molecule has 4 unspecified atom stereocenters. The van der Waals surface area contributed by atoms with Gasteiger partial charge in [0.05, 0.1) is 6.10 Å². The lowest BCUT2D eigenvalue weighted by atomic mass is 9.38. The highest BCUT2D eigenvalue weighted by atomic mass is 16.6. The Morgan fingerprint density at radius 3 is 2.26 bits per heavy atom. The van der Waals surface area contributed by atoms with Gasteiger partial charge in [-0.3, -0.25) is 4.79 Å². The van der Waals surface area contributed by atoms with E-state index in [0.717, 1.165) is 38.5 Å². The molecule has 0 aromatic carbocycles.